The molecule has 2 aromatic carbocycles. The van der Waals surface area contributed by atoms with Crippen LogP contribution in [0.15, 0.2) is 46.9 Å². The topological polar surface area (TPSA) is 76.7 Å². The number of carbonyl (C=O) groups is 2. The lowest BCUT2D eigenvalue weighted by atomic mass is 10.2. The molecule has 0 heterocycles. The second-order valence-corrected chi connectivity index (χ2v) is 7.30. The van der Waals surface area contributed by atoms with Crippen molar-refractivity contribution in [1.29, 1.82) is 0 Å². The van der Waals surface area contributed by atoms with E-state index in [0.29, 0.717) is 39.6 Å². The third kappa shape index (κ3) is 6.82. The Morgan fingerprint density at radius 3 is 2.71 bits per heavy atom. The molecule has 0 fully saturated rings. The first-order valence-corrected chi connectivity index (χ1v) is 9.87. The van der Waals surface area contributed by atoms with Crippen molar-refractivity contribution in [2.24, 2.45) is 0 Å². The molecule has 0 saturated carbocycles. The van der Waals surface area contributed by atoms with Crippen LogP contribution < -0.4 is 15.4 Å². The molecule has 150 valence electrons. The molecular formula is C20H22BrClN2O4. The fourth-order valence-electron chi connectivity index (χ4n) is 2.32. The van der Waals surface area contributed by atoms with Gasteiger partial charge in [-0.25, -0.2) is 0 Å². The van der Waals surface area contributed by atoms with Gasteiger partial charge in [-0.15, -0.1) is 0 Å². The summed E-state index contributed by atoms with van der Waals surface area (Å²) in [6.45, 7) is 2.74. The molecule has 8 heteroatoms. The predicted molar refractivity (Wildman–Crippen MR) is 113 cm³/mol. The van der Waals surface area contributed by atoms with E-state index >= 15 is 0 Å². The fraction of sp³-hybridized carbons (Fsp3) is 0.300. The lowest BCUT2D eigenvalue weighted by Crippen LogP contribution is -2.30. The van der Waals surface area contributed by atoms with Gasteiger partial charge in [-0.1, -0.05) is 17.7 Å². The average Bonchev–Trinajstić information content (AvgIpc) is 2.67. The third-order valence-corrected chi connectivity index (χ3v) is 4.62. The number of benzene rings is 2. The Labute approximate surface area is 177 Å². The molecule has 0 radical (unpaired) electrons. The quantitative estimate of drug-likeness (QED) is 0.538. The Bertz CT molecular complexity index is 832. The molecule has 0 spiro atoms. The largest absolute Gasteiger partial charge is 0.480 e. The average molecular weight is 470 g/mol. The van der Waals surface area contributed by atoms with E-state index < -0.39 is 6.10 Å². The summed E-state index contributed by atoms with van der Waals surface area (Å²) in [7, 11) is 1.62. The lowest BCUT2D eigenvalue weighted by molar-refractivity contribution is -0.122. The lowest BCUT2D eigenvalue weighted by Gasteiger charge is -2.16. The van der Waals surface area contributed by atoms with E-state index in [2.05, 4.69) is 26.6 Å². The van der Waals surface area contributed by atoms with Gasteiger partial charge in [-0.2, -0.15) is 0 Å². The standard InChI is InChI=1S/C20H22BrClN2O4/c1-13(28-18-8-7-15(22)12-17(18)21)19(25)24-16-6-3-5-14(11-16)20(26)23-9-4-10-27-2/h3,5-8,11-13H,4,9-10H2,1-2H3,(H,23,26)(H,24,25). The Morgan fingerprint density at radius 2 is 2.00 bits per heavy atom. The molecule has 0 bridgehead atoms. The van der Waals surface area contributed by atoms with Crippen molar-refractivity contribution in [2.75, 3.05) is 25.6 Å². The van der Waals surface area contributed by atoms with Crippen LogP contribution in [-0.4, -0.2) is 38.2 Å². The molecule has 2 aromatic rings. The second-order valence-electron chi connectivity index (χ2n) is 6.01. The van der Waals surface area contributed by atoms with Gasteiger partial charge in [0.1, 0.15) is 5.75 Å². The number of amides is 2. The highest BCUT2D eigenvalue weighted by Crippen LogP contribution is 2.28. The summed E-state index contributed by atoms with van der Waals surface area (Å²) in [6.07, 6.45) is -0.0164. The van der Waals surface area contributed by atoms with Crippen LogP contribution in [0, 0.1) is 0 Å². The van der Waals surface area contributed by atoms with Crippen LogP contribution in [0.4, 0.5) is 5.69 Å². The molecule has 2 rings (SSSR count). The first-order valence-electron chi connectivity index (χ1n) is 8.70. The molecule has 1 atom stereocenters. The van der Waals surface area contributed by atoms with E-state index in [-0.39, 0.29) is 11.8 Å². The van der Waals surface area contributed by atoms with Crippen molar-refractivity contribution < 1.29 is 19.1 Å². The molecule has 0 saturated heterocycles. The smallest absolute Gasteiger partial charge is 0.265 e. The number of rotatable bonds is 9. The molecular weight excluding hydrogens is 448 g/mol. The number of halogens is 2. The van der Waals surface area contributed by atoms with E-state index in [1.165, 1.54) is 0 Å². The molecule has 0 aliphatic rings. The number of nitrogens with one attached hydrogen (secondary N) is 2. The van der Waals surface area contributed by atoms with Gasteiger partial charge in [0.15, 0.2) is 6.10 Å². The molecule has 2 N–H and O–H groups in total. The molecule has 28 heavy (non-hydrogen) atoms. The first kappa shape index (κ1) is 22.2. The van der Waals surface area contributed by atoms with Crippen molar-refractivity contribution in [2.45, 2.75) is 19.4 Å². The Kier molecular flexibility index (Phi) is 8.76. The van der Waals surface area contributed by atoms with Crippen LogP contribution in [0.25, 0.3) is 0 Å². The number of methoxy groups -OCH3 is 1. The number of ether oxygens (including phenoxy) is 2. The van der Waals surface area contributed by atoms with Crippen molar-refractivity contribution in [3.05, 3.63) is 57.5 Å². The van der Waals surface area contributed by atoms with Crippen LogP contribution >= 0.6 is 27.5 Å². The monoisotopic (exact) mass is 468 g/mol. The van der Waals surface area contributed by atoms with Gasteiger partial charge in [0.2, 0.25) is 0 Å². The van der Waals surface area contributed by atoms with Gasteiger partial charge in [-0.05, 0) is 65.7 Å². The third-order valence-electron chi connectivity index (χ3n) is 3.77. The summed E-state index contributed by atoms with van der Waals surface area (Å²) in [5.74, 6) is -0.0302. The fourth-order valence-corrected chi connectivity index (χ4v) is 3.09. The number of hydrogen-bond acceptors (Lipinski definition) is 4. The van der Waals surface area contributed by atoms with Crippen molar-refractivity contribution >= 4 is 45.0 Å². The number of hydrogen-bond donors (Lipinski definition) is 2. The van der Waals surface area contributed by atoms with Crippen LogP contribution in [0.5, 0.6) is 5.75 Å². The summed E-state index contributed by atoms with van der Waals surface area (Å²) >= 11 is 9.26. The zero-order chi connectivity index (χ0) is 20.5. The predicted octanol–water partition coefficient (Wildman–Crippen LogP) is 4.27. The van der Waals surface area contributed by atoms with Crippen molar-refractivity contribution in [3.8, 4) is 5.75 Å². The van der Waals surface area contributed by atoms with Crippen LogP contribution in [-0.2, 0) is 9.53 Å². The first-order chi connectivity index (χ1) is 13.4. The highest BCUT2D eigenvalue weighted by atomic mass is 79.9. The summed E-state index contributed by atoms with van der Waals surface area (Å²) in [5, 5.41) is 6.13. The molecule has 0 aliphatic heterocycles. The summed E-state index contributed by atoms with van der Waals surface area (Å²) < 4.78 is 11.3. The number of anilines is 1. The van der Waals surface area contributed by atoms with Crippen LogP contribution in [0.3, 0.4) is 0 Å². The molecule has 6 nitrogen and oxygen atoms in total. The minimum Gasteiger partial charge on any atom is -0.480 e. The molecule has 2 amide bonds. The van der Waals surface area contributed by atoms with E-state index in [1.807, 2.05) is 0 Å². The summed E-state index contributed by atoms with van der Waals surface area (Å²) in [4.78, 5) is 24.6. The van der Waals surface area contributed by atoms with Gasteiger partial charge in [0, 0.05) is 36.5 Å². The Hall–Kier alpha value is -2.09. The van der Waals surface area contributed by atoms with Gasteiger partial charge in [0.05, 0.1) is 4.47 Å². The van der Waals surface area contributed by atoms with Crippen LogP contribution in [0.1, 0.15) is 23.7 Å². The van der Waals surface area contributed by atoms with Crippen LogP contribution in [0.2, 0.25) is 5.02 Å². The molecule has 0 aliphatic carbocycles. The van der Waals surface area contributed by atoms with Crippen molar-refractivity contribution in [1.82, 2.24) is 5.32 Å². The van der Waals surface area contributed by atoms with E-state index in [9.17, 15) is 9.59 Å². The normalized spacial score (nSPS) is 11.6. The minimum absolute atomic E-state index is 0.207. The highest BCUT2D eigenvalue weighted by Gasteiger charge is 2.17. The number of carbonyl (C=O) groups excluding carboxylic acids is 2. The zero-order valence-corrected chi connectivity index (χ0v) is 18.0. The second kappa shape index (κ2) is 11.0. The molecule has 1 unspecified atom stereocenters. The van der Waals surface area contributed by atoms with Gasteiger partial charge in [-0.3, -0.25) is 9.59 Å². The highest BCUT2D eigenvalue weighted by molar-refractivity contribution is 9.10. The minimum atomic E-state index is -0.746. The van der Waals surface area contributed by atoms with E-state index in [4.69, 9.17) is 21.1 Å². The van der Waals surface area contributed by atoms with Crippen molar-refractivity contribution in [3.63, 3.8) is 0 Å². The van der Waals surface area contributed by atoms with E-state index in [1.54, 1.807) is 56.5 Å². The van der Waals surface area contributed by atoms with Gasteiger partial charge in [0.25, 0.3) is 11.8 Å². The van der Waals surface area contributed by atoms with Gasteiger partial charge >= 0.3 is 0 Å². The maximum atomic E-state index is 12.4. The Morgan fingerprint density at radius 1 is 1.21 bits per heavy atom. The van der Waals surface area contributed by atoms with Gasteiger partial charge < -0.3 is 20.1 Å². The SMILES string of the molecule is COCCCNC(=O)c1cccc(NC(=O)C(C)Oc2ccc(Cl)cc2Br)c1. The van der Waals surface area contributed by atoms with E-state index in [0.717, 1.165) is 6.42 Å². The molecule has 0 aromatic heterocycles. The maximum absolute atomic E-state index is 12.4. The summed E-state index contributed by atoms with van der Waals surface area (Å²) in [5.41, 5.74) is 0.976. The maximum Gasteiger partial charge on any atom is 0.265 e. The zero-order valence-electron chi connectivity index (χ0n) is 15.6. The summed E-state index contributed by atoms with van der Waals surface area (Å²) in [6, 6.07) is 11.8. The Balaban J connectivity index is 1.94.